The number of nitrogens with two attached hydrogens (primary N) is 1. The molecule has 2 rings (SSSR count). The van der Waals surface area contributed by atoms with E-state index in [1.807, 2.05) is 18.2 Å². The van der Waals surface area contributed by atoms with Crippen LogP contribution in [-0.2, 0) is 11.3 Å². The lowest BCUT2D eigenvalue weighted by molar-refractivity contribution is -0.129. The summed E-state index contributed by atoms with van der Waals surface area (Å²) in [6.07, 6.45) is 1.90. The van der Waals surface area contributed by atoms with Crippen molar-refractivity contribution in [3.8, 4) is 0 Å². The largest absolute Gasteiger partial charge is 0.359 e. The van der Waals surface area contributed by atoms with Gasteiger partial charge in [0.2, 0.25) is 5.91 Å². The molecule has 5 heteroatoms. The fourth-order valence-electron chi connectivity index (χ4n) is 2.59. The number of likely N-dealkylation sites (N-methyl/N-ethyl adjacent to an activating group) is 1. The van der Waals surface area contributed by atoms with Crippen molar-refractivity contribution in [3.63, 3.8) is 0 Å². The third kappa shape index (κ3) is 2.85. The first-order chi connectivity index (χ1) is 9.04. The summed E-state index contributed by atoms with van der Waals surface area (Å²) in [7, 11) is 3.58. The number of halogens is 1. The highest BCUT2D eigenvalue weighted by molar-refractivity contribution is 6.30. The summed E-state index contributed by atoms with van der Waals surface area (Å²) in [6, 6.07) is 5.59. The van der Waals surface area contributed by atoms with Gasteiger partial charge in [0.15, 0.2) is 0 Å². The fourth-order valence-corrected chi connectivity index (χ4v) is 2.75. The summed E-state index contributed by atoms with van der Waals surface area (Å²) in [5.74, 6) is 0.139. The molecule has 1 unspecified atom stereocenters. The van der Waals surface area contributed by atoms with Gasteiger partial charge >= 0.3 is 0 Å². The van der Waals surface area contributed by atoms with E-state index >= 15 is 0 Å². The van der Waals surface area contributed by atoms with Gasteiger partial charge in [0, 0.05) is 37.9 Å². The molecule has 1 heterocycles. The first kappa shape index (κ1) is 14.2. The standard InChI is InChI=1S/C14H20ClN3O/c1-17(2)14(19)12-4-3-7-18(12)13-8-11(15)6-5-10(13)9-16/h5-6,8,12H,3-4,7,9,16H2,1-2H3. The minimum absolute atomic E-state index is 0.0984. The van der Waals surface area contributed by atoms with Gasteiger partial charge in [-0.25, -0.2) is 0 Å². The maximum absolute atomic E-state index is 12.2. The normalized spacial score (nSPS) is 18.7. The molecule has 1 aromatic rings. The van der Waals surface area contributed by atoms with E-state index in [-0.39, 0.29) is 11.9 Å². The molecule has 0 spiro atoms. The molecule has 104 valence electrons. The molecule has 0 bridgehead atoms. The highest BCUT2D eigenvalue weighted by Crippen LogP contribution is 2.31. The molecule has 0 aliphatic carbocycles. The highest BCUT2D eigenvalue weighted by Gasteiger charge is 2.32. The molecular formula is C14H20ClN3O. The number of carbonyl (C=O) groups excluding carboxylic acids is 1. The first-order valence-corrected chi connectivity index (χ1v) is 6.88. The zero-order valence-electron chi connectivity index (χ0n) is 11.4. The number of hydrogen-bond donors (Lipinski definition) is 1. The number of carbonyl (C=O) groups is 1. The average molecular weight is 282 g/mol. The molecule has 1 saturated heterocycles. The number of rotatable bonds is 3. The predicted molar refractivity (Wildman–Crippen MR) is 78.4 cm³/mol. The van der Waals surface area contributed by atoms with Crippen molar-refractivity contribution in [1.82, 2.24) is 4.90 Å². The second-order valence-corrected chi connectivity index (χ2v) is 5.50. The Morgan fingerprint density at radius 1 is 1.53 bits per heavy atom. The summed E-state index contributed by atoms with van der Waals surface area (Å²) in [6.45, 7) is 1.32. The second-order valence-electron chi connectivity index (χ2n) is 5.06. The molecule has 0 aromatic heterocycles. The molecule has 0 saturated carbocycles. The van der Waals surface area contributed by atoms with Crippen LogP contribution in [0.3, 0.4) is 0 Å². The van der Waals surface area contributed by atoms with Gasteiger partial charge in [0.25, 0.3) is 0 Å². The van der Waals surface area contributed by atoms with E-state index in [9.17, 15) is 4.79 Å². The summed E-state index contributed by atoms with van der Waals surface area (Å²) < 4.78 is 0. The van der Waals surface area contributed by atoms with Gasteiger partial charge in [-0.3, -0.25) is 4.79 Å². The molecule has 0 radical (unpaired) electrons. The van der Waals surface area contributed by atoms with E-state index in [4.69, 9.17) is 17.3 Å². The third-order valence-electron chi connectivity index (χ3n) is 3.56. The Labute approximate surface area is 119 Å². The van der Waals surface area contributed by atoms with Gasteiger partial charge in [0.1, 0.15) is 6.04 Å². The van der Waals surface area contributed by atoms with Crippen molar-refractivity contribution in [2.24, 2.45) is 5.73 Å². The smallest absolute Gasteiger partial charge is 0.244 e. The number of hydrogen-bond acceptors (Lipinski definition) is 3. The Kier molecular flexibility index (Phi) is 4.32. The van der Waals surface area contributed by atoms with Crippen molar-refractivity contribution in [2.75, 3.05) is 25.5 Å². The Morgan fingerprint density at radius 3 is 2.89 bits per heavy atom. The van der Waals surface area contributed by atoms with Gasteiger partial charge in [-0.2, -0.15) is 0 Å². The molecule has 1 aliphatic rings. The molecule has 1 fully saturated rings. The molecule has 2 N–H and O–H groups in total. The molecule has 1 aliphatic heterocycles. The Balaban J connectivity index is 2.34. The van der Waals surface area contributed by atoms with Gasteiger partial charge in [-0.1, -0.05) is 17.7 Å². The summed E-state index contributed by atoms with van der Waals surface area (Å²) in [4.78, 5) is 16.0. The van der Waals surface area contributed by atoms with Crippen LogP contribution in [0.5, 0.6) is 0 Å². The lowest BCUT2D eigenvalue weighted by Gasteiger charge is -2.29. The zero-order chi connectivity index (χ0) is 14.0. The quantitative estimate of drug-likeness (QED) is 0.920. The van der Waals surface area contributed by atoms with Crippen LogP contribution in [-0.4, -0.2) is 37.5 Å². The number of benzene rings is 1. The van der Waals surface area contributed by atoms with Crippen LogP contribution >= 0.6 is 11.6 Å². The lowest BCUT2D eigenvalue weighted by Crippen LogP contribution is -2.43. The summed E-state index contributed by atoms with van der Waals surface area (Å²) in [5, 5.41) is 0.676. The van der Waals surface area contributed by atoms with E-state index in [1.165, 1.54) is 0 Å². The minimum atomic E-state index is -0.0984. The van der Waals surface area contributed by atoms with E-state index < -0.39 is 0 Å². The van der Waals surface area contributed by atoms with Crippen LogP contribution in [0, 0.1) is 0 Å². The Hall–Kier alpha value is -1.26. The predicted octanol–water partition coefficient (Wildman–Crippen LogP) is 1.86. The molecule has 19 heavy (non-hydrogen) atoms. The van der Waals surface area contributed by atoms with Crippen LogP contribution in [0.2, 0.25) is 5.02 Å². The summed E-state index contributed by atoms with van der Waals surface area (Å²) in [5.41, 5.74) is 7.81. The number of nitrogens with zero attached hydrogens (tertiary/aromatic N) is 2. The van der Waals surface area contributed by atoms with Crippen LogP contribution in [0.4, 0.5) is 5.69 Å². The molecule has 1 aromatic carbocycles. The molecular weight excluding hydrogens is 262 g/mol. The van der Waals surface area contributed by atoms with Crippen molar-refractivity contribution >= 4 is 23.2 Å². The Bertz CT molecular complexity index is 476. The maximum Gasteiger partial charge on any atom is 0.244 e. The van der Waals surface area contributed by atoms with E-state index in [2.05, 4.69) is 4.90 Å². The Morgan fingerprint density at radius 2 is 2.26 bits per heavy atom. The number of anilines is 1. The number of amides is 1. The third-order valence-corrected chi connectivity index (χ3v) is 3.79. The van der Waals surface area contributed by atoms with E-state index in [0.717, 1.165) is 30.6 Å². The van der Waals surface area contributed by atoms with Crippen molar-refractivity contribution in [2.45, 2.75) is 25.4 Å². The fraction of sp³-hybridized carbons (Fsp3) is 0.500. The topological polar surface area (TPSA) is 49.6 Å². The van der Waals surface area contributed by atoms with Crippen LogP contribution in [0.15, 0.2) is 18.2 Å². The van der Waals surface area contributed by atoms with Crippen LogP contribution < -0.4 is 10.6 Å². The van der Waals surface area contributed by atoms with Gasteiger partial charge < -0.3 is 15.5 Å². The van der Waals surface area contributed by atoms with Gasteiger partial charge in [-0.15, -0.1) is 0 Å². The van der Waals surface area contributed by atoms with Crippen molar-refractivity contribution in [3.05, 3.63) is 28.8 Å². The molecule has 4 nitrogen and oxygen atoms in total. The van der Waals surface area contributed by atoms with E-state index in [0.29, 0.717) is 11.6 Å². The van der Waals surface area contributed by atoms with Gasteiger partial charge in [-0.05, 0) is 30.5 Å². The minimum Gasteiger partial charge on any atom is -0.359 e. The average Bonchev–Trinajstić information content (AvgIpc) is 2.86. The SMILES string of the molecule is CN(C)C(=O)C1CCCN1c1cc(Cl)ccc1CN. The molecule has 1 atom stereocenters. The van der Waals surface area contributed by atoms with Crippen molar-refractivity contribution in [1.29, 1.82) is 0 Å². The zero-order valence-corrected chi connectivity index (χ0v) is 12.2. The van der Waals surface area contributed by atoms with Gasteiger partial charge in [0.05, 0.1) is 0 Å². The van der Waals surface area contributed by atoms with Crippen LogP contribution in [0.25, 0.3) is 0 Å². The maximum atomic E-state index is 12.2. The monoisotopic (exact) mass is 281 g/mol. The second kappa shape index (κ2) is 5.80. The van der Waals surface area contributed by atoms with Crippen molar-refractivity contribution < 1.29 is 4.79 Å². The highest BCUT2D eigenvalue weighted by atomic mass is 35.5. The van der Waals surface area contributed by atoms with Crippen LogP contribution in [0.1, 0.15) is 18.4 Å². The van der Waals surface area contributed by atoms with E-state index in [1.54, 1.807) is 19.0 Å². The molecule has 1 amide bonds. The summed E-state index contributed by atoms with van der Waals surface area (Å²) >= 11 is 6.08. The lowest BCUT2D eigenvalue weighted by atomic mass is 10.1. The first-order valence-electron chi connectivity index (χ1n) is 6.51.